The first-order valence-electron chi connectivity index (χ1n) is 14.0. The van der Waals surface area contributed by atoms with Crippen LogP contribution in [0.5, 0.6) is 0 Å². The van der Waals surface area contributed by atoms with Crippen molar-refractivity contribution in [1.82, 2.24) is 0 Å². The third-order valence-corrected chi connectivity index (χ3v) is 10.1. The summed E-state index contributed by atoms with van der Waals surface area (Å²) in [5.41, 5.74) is 1.31. The number of anilines is 1. The molecular weight excluding hydrogens is 567 g/mol. The van der Waals surface area contributed by atoms with E-state index in [0.717, 1.165) is 47.5 Å². The van der Waals surface area contributed by atoms with Gasteiger partial charge in [0.15, 0.2) is 11.2 Å². The number of aliphatic hydroxyl groups is 2. The maximum atomic E-state index is 12.1. The van der Waals surface area contributed by atoms with Crippen LogP contribution in [0, 0.1) is 23.7 Å². The summed E-state index contributed by atoms with van der Waals surface area (Å²) in [6.07, 6.45) is 0. The molecule has 7 rings (SSSR count). The second kappa shape index (κ2) is 11.4. The SMILES string of the molecule is OC1(C#CCN(CC#CC2(O)c3ccccc3Sc3ccccc32)c2ccccc2)c2ccccc2Sc2ccccc21. The van der Waals surface area contributed by atoms with Crippen LogP contribution in [0.15, 0.2) is 147 Å². The fourth-order valence-electron chi connectivity index (χ4n) is 5.62. The standard InChI is InChI=1S/C38H27NO2S2/c40-37(29-16-4-8-20-33(29)42-34-21-9-5-17-30(34)37)24-12-26-39(28-14-2-1-3-15-28)27-13-25-38(41)31-18-6-10-22-35(31)43-36-23-11-7-19-32(36)38/h1-11,14-23,40-41H,26-27H2. The maximum Gasteiger partial charge on any atom is 0.179 e. The molecule has 0 radical (unpaired) electrons. The smallest absolute Gasteiger partial charge is 0.179 e. The van der Waals surface area contributed by atoms with E-state index in [2.05, 4.69) is 28.6 Å². The number of nitrogens with zero attached hydrogens (tertiary/aromatic N) is 1. The lowest BCUT2D eigenvalue weighted by molar-refractivity contribution is 0.137. The molecule has 208 valence electrons. The fourth-order valence-corrected chi connectivity index (χ4v) is 7.98. The highest BCUT2D eigenvalue weighted by Crippen LogP contribution is 2.48. The highest BCUT2D eigenvalue weighted by molar-refractivity contribution is 7.99. The minimum Gasteiger partial charge on any atom is -0.369 e. The number of fused-ring (bicyclic) bond motifs is 4. The average molecular weight is 594 g/mol. The number of hydrogen-bond acceptors (Lipinski definition) is 5. The van der Waals surface area contributed by atoms with Gasteiger partial charge in [0, 0.05) is 47.5 Å². The Bertz CT molecular complexity index is 1730. The first-order valence-corrected chi connectivity index (χ1v) is 15.7. The van der Waals surface area contributed by atoms with E-state index >= 15 is 0 Å². The van der Waals surface area contributed by atoms with Gasteiger partial charge in [-0.1, -0.05) is 138 Å². The van der Waals surface area contributed by atoms with E-state index in [-0.39, 0.29) is 0 Å². The monoisotopic (exact) mass is 593 g/mol. The minimum atomic E-state index is -1.42. The zero-order valence-corrected chi connectivity index (χ0v) is 24.8. The summed E-state index contributed by atoms with van der Waals surface area (Å²) in [6, 6.07) is 41.6. The second-order valence-electron chi connectivity index (χ2n) is 10.4. The molecule has 0 unspecified atom stereocenters. The van der Waals surface area contributed by atoms with Gasteiger partial charge in [0.1, 0.15) is 0 Å². The molecule has 0 atom stereocenters. The molecule has 5 aromatic rings. The zero-order chi connectivity index (χ0) is 29.3. The van der Waals surface area contributed by atoms with Crippen molar-refractivity contribution in [2.24, 2.45) is 0 Å². The van der Waals surface area contributed by atoms with Crippen molar-refractivity contribution in [3.63, 3.8) is 0 Å². The maximum absolute atomic E-state index is 12.1. The normalized spacial score (nSPS) is 14.7. The zero-order valence-electron chi connectivity index (χ0n) is 23.2. The van der Waals surface area contributed by atoms with Gasteiger partial charge in [-0.2, -0.15) is 0 Å². The van der Waals surface area contributed by atoms with Crippen LogP contribution in [0.2, 0.25) is 0 Å². The van der Waals surface area contributed by atoms with E-state index < -0.39 is 11.2 Å². The van der Waals surface area contributed by atoms with E-state index in [4.69, 9.17) is 0 Å². The molecule has 0 bridgehead atoms. The van der Waals surface area contributed by atoms with E-state index in [9.17, 15) is 10.2 Å². The third kappa shape index (κ3) is 5.01. The molecular formula is C38H27NO2S2. The van der Waals surface area contributed by atoms with Crippen LogP contribution in [-0.2, 0) is 11.2 Å². The summed E-state index contributed by atoms with van der Waals surface area (Å²) >= 11 is 3.31. The molecule has 2 aliphatic heterocycles. The molecule has 2 aliphatic rings. The quantitative estimate of drug-likeness (QED) is 0.215. The van der Waals surface area contributed by atoms with Crippen LogP contribution in [0.1, 0.15) is 22.3 Å². The van der Waals surface area contributed by atoms with Gasteiger partial charge in [0.2, 0.25) is 0 Å². The molecule has 3 nitrogen and oxygen atoms in total. The Hall–Kier alpha value is -4.36. The van der Waals surface area contributed by atoms with Crippen molar-refractivity contribution in [2.75, 3.05) is 18.0 Å². The summed E-state index contributed by atoms with van der Waals surface area (Å²) in [7, 11) is 0. The highest BCUT2D eigenvalue weighted by Gasteiger charge is 2.39. The van der Waals surface area contributed by atoms with Gasteiger partial charge in [-0.15, -0.1) is 0 Å². The molecule has 2 N–H and O–H groups in total. The second-order valence-corrected chi connectivity index (χ2v) is 12.6. The molecule has 43 heavy (non-hydrogen) atoms. The number of benzene rings is 5. The molecule has 0 spiro atoms. The Morgan fingerprint density at radius 2 is 0.791 bits per heavy atom. The fraction of sp³-hybridized carbons (Fsp3) is 0.105. The van der Waals surface area contributed by atoms with Crippen molar-refractivity contribution in [1.29, 1.82) is 0 Å². The van der Waals surface area contributed by atoms with E-state index in [1.165, 1.54) is 0 Å². The average Bonchev–Trinajstić information content (AvgIpc) is 3.05. The van der Waals surface area contributed by atoms with Crippen LogP contribution in [-0.4, -0.2) is 23.3 Å². The van der Waals surface area contributed by atoms with Gasteiger partial charge in [-0.25, -0.2) is 0 Å². The summed E-state index contributed by atoms with van der Waals surface area (Å²) in [5.74, 6) is 13.0. The first kappa shape index (κ1) is 27.5. The van der Waals surface area contributed by atoms with Crippen LogP contribution >= 0.6 is 23.5 Å². The van der Waals surface area contributed by atoms with Crippen LogP contribution in [0.25, 0.3) is 0 Å². The molecule has 0 saturated carbocycles. The number of hydrogen-bond donors (Lipinski definition) is 2. The van der Waals surface area contributed by atoms with Gasteiger partial charge in [-0.3, -0.25) is 0 Å². The van der Waals surface area contributed by atoms with Crippen molar-refractivity contribution < 1.29 is 10.2 Å². The predicted octanol–water partition coefficient (Wildman–Crippen LogP) is 7.30. The lowest BCUT2D eigenvalue weighted by atomic mass is 9.86. The van der Waals surface area contributed by atoms with Gasteiger partial charge in [-0.05, 0) is 36.4 Å². The van der Waals surface area contributed by atoms with Gasteiger partial charge in [0.25, 0.3) is 0 Å². The largest absolute Gasteiger partial charge is 0.369 e. The molecule has 0 fully saturated rings. The summed E-state index contributed by atoms with van der Waals surface area (Å²) < 4.78 is 0. The third-order valence-electron chi connectivity index (χ3n) is 7.75. The van der Waals surface area contributed by atoms with Crippen molar-refractivity contribution in [2.45, 2.75) is 30.8 Å². The summed E-state index contributed by atoms with van der Waals surface area (Å²) in [4.78, 5) is 6.08. The Morgan fingerprint density at radius 1 is 0.465 bits per heavy atom. The van der Waals surface area contributed by atoms with Crippen LogP contribution in [0.3, 0.4) is 0 Å². The molecule has 0 aromatic heterocycles. The Labute approximate surface area is 260 Å². The molecule has 5 heteroatoms. The summed E-state index contributed by atoms with van der Waals surface area (Å²) in [6.45, 7) is 0.694. The van der Waals surface area contributed by atoms with Crippen LogP contribution < -0.4 is 4.90 Å². The number of rotatable bonds is 3. The lowest BCUT2D eigenvalue weighted by Crippen LogP contribution is -2.31. The van der Waals surface area contributed by atoms with Crippen molar-refractivity contribution in [3.05, 3.63) is 150 Å². The van der Waals surface area contributed by atoms with Gasteiger partial charge in [0.05, 0.1) is 13.1 Å². The van der Waals surface area contributed by atoms with Crippen LogP contribution in [0.4, 0.5) is 5.69 Å². The predicted molar refractivity (Wildman–Crippen MR) is 174 cm³/mol. The molecule has 0 saturated heterocycles. The topological polar surface area (TPSA) is 43.7 Å². The Kier molecular flexibility index (Phi) is 7.27. The van der Waals surface area contributed by atoms with Gasteiger partial charge >= 0.3 is 0 Å². The molecule has 2 heterocycles. The summed E-state index contributed by atoms with van der Waals surface area (Å²) in [5, 5.41) is 24.1. The van der Waals surface area contributed by atoms with Crippen molar-refractivity contribution >= 4 is 29.2 Å². The first-order chi connectivity index (χ1) is 21.1. The van der Waals surface area contributed by atoms with E-state index in [0.29, 0.717) is 13.1 Å². The molecule has 5 aromatic carbocycles. The van der Waals surface area contributed by atoms with E-state index in [1.54, 1.807) is 23.5 Å². The molecule has 0 aliphatic carbocycles. The number of para-hydroxylation sites is 1. The Balaban J connectivity index is 1.23. The Morgan fingerprint density at radius 3 is 1.16 bits per heavy atom. The molecule has 0 amide bonds. The minimum absolute atomic E-state index is 0.347. The van der Waals surface area contributed by atoms with Gasteiger partial charge < -0.3 is 15.1 Å². The van der Waals surface area contributed by atoms with Crippen molar-refractivity contribution in [3.8, 4) is 23.7 Å². The van der Waals surface area contributed by atoms with E-state index in [1.807, 2.05) is 127 Å². The highest BCUT2D eigenvalue weighted by atomic mass is 32.2. The lowest BCUT2D eigenvalue weighted by Gasteiger charge is -2.32.